The summed E-state index contributed by atoms with van der Waals surface area (Å²) in [4.78, 5) is 0. The van der Waals surface area contributed by atoms with Gasteiger partial charge in [-0.15, -0.1) is 0 Å². The van der Waals surface area contributed by atoms with Crippen LogP contribution >= 0.6 is 0 Å². The van der Waals surface area contributed by atoms with Gasteiger partial charge in [0, 0.05) is 6.04 Å². The van der Waals surface area contributed by atoms with E-state index >= 15 is 0 Å². The molecule has 0 bridgehead atoms. The number of benzene rings is 1. The Labute approximate surface area is 97.8 Å². The van der Waals surface area contributed by atoms with E-state index in [0.29, 0.717) is 19.1 Å². The summed E-state index contributed by atoms with van der Waals surface area (Å²) < 4.78 is 5.39. The van der Waals surface area contributed by atoms with Gasteiger partial charge in [0.2, 0.25) is 0 Å². The van der Waals surface area contributed by atoms with Crippen LogP contribution in [0, 0.1) is 5.92 Å². The van der Waals surface area contributed by atoms with E-state index < -0.39 is 0 Å². The van der Waals surface area contributed by atoms with Crippen molar-refractivity contribution < 1.29 is 4.74 Å². The molecule has 0 saturated heterocycles. The van der Waals surface area contributed by atoms with Gasteiger partial charge in [-0.3, -0.25) is 0 Å². The monoisotopic (exact) mass is 222 g/mol. The third kappa shape index (κ3) is 3.51. The summed E-state index contributed by atoms with van der Waals surface area (Å²) in [5.41, 5.74) is 12.8. The normalized spacial score (nSPS) is 14.5. The molecule has 0 amide bonds. The molecule has 0 aliphatic heterocycles. The van der Waals surface area contributed by atoms with E-state index in [4.69, 9.17) is 16.2 Å². The van der Waals surface area contributed by atoms with Gasteiger partial charge in [0.15, 0.2) is 0 Å². The van der Waals surface area contributed by atoms with Crippen LogP contribution in [-0.4, -0.2) is 13.2 Å². The van der Waals surface area contributed by atoms with Gasteiger partial charge in [-0.2, -0.15) is 0 Å². The molecule has 90 valence electrons. The lowest BCUT2D eigenvalue weighted by atomic mass is 9.93. The van der Waals surface area contributed by atoms with Crippen molar-refractivity contribution in [3.63, 3.8) is 0 Å². The van der Waals surface area contributed by atoms with Crippen molar-refractivity contribution in [3.8, 4) is 5.75 Å². The Balaban J connectivity index is 2.65. The molecule has 0 radical (unpaired) electrons. The van der Waals surface area contributed by atoms with Crippen molar-refractivity contribution in [3.05, 3.63) is 29.8 Å². The molecule has 0 aromatic heterocycles. The lowest BCUT2D eigenvalue weighted by Gasteiger charge is -2.19. The molecule has 0 saturated carbocycles. The van der Waals surface area contributed by atoms with Crippen molar-refractivity contribution in [2.24, 2.45) is 17.4 Å². The predicted octanol–water partition coefficient (Wildman–Crippen LogP) is 2.07. The summed E-state index contributed by atoms with van der Waals surface area (Å²) in [6.07, 6.45) is 0.953. The second kappa shape index (κ2) is 6.51. The van der Waals surface area contributed by atoms with Gasteiger partial charge in [-0.05, 0) is 43.5 Å². The average Bonchev–Trinajstić information content (AvgIpc) is 2.30. The summed E-state index contributed by atoms with van der Waals surface area (Å²) in [5.74, 6) is 1.30. The zero-order valence-corrected chi connectivity index (χ0v) is 10.1. The molecule has 2 unspecified atom stereocenters. The minimum absolute atomic E-state index is 0.0548. The summed E-state index contributed by atoms with van der Waals surface area (Å²) in [7, 11) is 0. The highest BCUT2D eigenvalue weighted by atomic mass is 16.5. The molecule has 16 heavy (non-hydrogen) atoms. The first-order valence-electron chi connectivity index (χ1n) is 5.87. The fraction of sp³-hybridized carbons (Fsp3) is 0.538. The van der Waals surface area contributed by atoms with E-state index in [1.807, 2.05) is 31.2 Å². The fourth-order valence-electron chi connectivity index (χ4n) is 1.72. The molecule has 2 atom stereocenters. The minimum Gasteiger partial charge on any atom is -0.494 e. The molecule has 1 aromatic carbocycles. The Hall–Kier alpha value is -1.06. The highest BCUT2D eigenvalue weighted by molar-refractivity contribution is 5.29. The summed E-state index contributed by atoms with van der Waals surface area (Å²) in [6.45, 7) is 5.48. The maximum atomic E-state index is 6.15. The number of ether oxygens (including phenoxy) is 1. The molecule has 3 nitrogen and oxygen atoms in total. The Morgan fingerprint density at radius 2 is 1.88 bits per heavy atom. The molecule has 0 aliphatic rings. The topological polar surface area (TPSA) is 61.3 Å². The molecule has 0 fully saturated rings. The lowest BCUT2D eigenvalue weighted by Crippen LogP contribution is -2.21. The minimum atomic E-state index is 0.0548. The molecule has 3 heteroatoms. The maximum absolute atomic E-state index is 6.15. The molecule has 1 aromatic rings. The van der Waals surface area contributed by atoms with Crippen LogP contribution in [0.1, 0.15) is 31.9 Å². The smallest absolute Gasteiger partial charge is 0.119 e. The highest BCUT2D eigenvalue weighted by Gasteiger charge is 2.13. The van der Waals surface area contributed by atoms with Gasteiger partial charge in [-0.1, -0.05) is 19.1 Å². The second-order valence-electron chi connectivity index (χ2n) is 4.08. The van der Waals surface area contributed by atoms with Crippen molar-refractivity contribution in [2.75, 3.05) is 13.2 Å². The summed E-state index contributed by atoms with van der Waals surface area (Å²) >= 11 is 0. The third-order valence-corrected chi connectivity index (χ3v) is 2.81. The number of rotatable bonds is 6. The first kappa shape index (κ1) is 13.0. The Bertz CT molecular complexity index is 297. The van der Waals surface area contributed by atoms with Crippen LogP contribution in [0.15, 0.2) is 24.3 Å². The van der Waals surface area contributed by atoms with Crippen LogP contribution in [0.25, 0.3) is 0 Å². The van der Waals surface area contributed by atoms with E-state index in [2.05, 4.69) is 6.92 Å². The van der Waals surface area contributed by atoms with E-state index in [-0.39, 0.29) is 6.04 Å². The van der Waals surface area contributed by atoms with E-state index in [9.17, 15) is 0 Å². The van der Waals surface area contributed by atoms with Crippen LogP contribution in [0.4, 0.5) is 0 Å². The fourth-order valence-corrected chi connectivity index (χ4v) is 1.72. The first-order chi connectivity index (χ1) is 7.69. The molecule has 1 rings (SSSR count). The zero-order valence-electron chi connectivity index (χ0n) is 10.1. The van der Waals surface area contributed by atoms with Gasteiger partial charge < -0.3 is 16.2 Å². The van der Waals surface area contributed by atoms with Gasteiger partial charge in [0.25, 0.3) is 0 Å². The van der Waals surface area contributed by atoms with Gasteiger partial charge in [-0.25, -0.2) is 0 Å². The molecular weight excluding hydrogens is 200 g/mol. The van der Waals surface area contributed by atoms with Gasteiger partial charge in [0.05, 0.1) is 6.61 Å². The van der Waals surface area contributed by atoms with E-state index in [1.54, 1.807) is 0 Å². The largest absolute Gasteiger partial charge is 0.494 e. The molecular formula is C13H22N2O. The maximum Gasteiger partial charge on any atom is 0.119 e. The van der Waals surface area contributed by atoms with Gasteiger partial charge in [0.1, 0.15) is 5.75 Å². The molecule has 0 heterocycles. The molecule has 0 aliphatic carbocycles. The van der Waals surface area contributed by atoms with Crippen LogP contribution in [-0.2, 0) is 0 Å². The van der Waals surface area contributed by atoms with Crippen molar-refractivity contribution >= 4 is 0 Å². The van der Waals surface area contributed by atoms with Crippen molar-refractivity contribution in [2.45, 2.75) is 26.3 Å². The predicted molar refractivity (Wildman–Crippen MR) is 67.4 cm³/mol. The van der Waals surface area contributed by atoms with Crippen molar-refractivity contribution in [1.29, 1.82) is 0 Å². The Morgan fingerprint density at radius 3 is 2.38 bits per heavy atom. The molecule has 0 spiro atoms. The number of hydrogen-bond donors (Lipinski definition) is 2. The van der Waals surface area contributed by atoms with E-state index in [1.165, 1.54) is 0 Å². The number of hydrogen-bond acceptors (Lipinski definition) is 3. The quantitative estimate of drug-likeness (QED) is 0.774. The Kier molecular flexibility index (Phi) is 5.29. The van der Waals surface area contributed by atoms with Crippen LogP contribution in [0.2, 0.25) is 0 Å². The summed E-state index contributed by atoms with van der Waals surface area (Å²) in [6, 6.07) is 8.05. The van der Waals surface area contributed by atoms with Crippen LogP contribution in [0.3, 0.4) is 0 Å². The second-order valence-corrected chi connectivity index (χ2v) is 4.08. The standard InChI is InChI=1S/C13H22N2O/c1-3-16-12-6-4-11(5-7-12)13(15)10(2)8-9-14/h4-7,10,13H,3,8-9,14-15H2,1-2H3. The van der Waals surface area contributed by atoms with Crippen LogP contribution in [0.5, 0.6) is 5.75 Å². The Morgan fingerprint density at radius 1 is 1.25 bits per heavy atom. The number of nitrogens with two attached hydrogens (primary N) is 2. The van der Waals surface area contributed by atoms with E-state index in [0.717, 1.165) is 17.7 Å². The average molecular weight is 222 g/mol. The highest BCUT2D eigenvalue weighted by Crippen LogP contribution is 2.23. The van der Waals surface area contributed by atoms with Crippen molar-refractivity contribution in [1.82, 2.24) is 0 Å². The zero-order chi connectivity index (χ0) is 12.0. The van der Waals surface area contributed by atoms with Crippen LogP contribution < -0.4 is 16.2 Å². The first-order valence-corrected chi connectivity index (χ1v) is 5.87. The summed E-state index contributed by atoms with van der Waals surface area (Å²) in [5, 5.41) is 0. The lowest BCUT2D eigenvalue weighted by molar-refractivity contribution is 0.340. The SMILES string of the molecule is CCOc1ccc(C(N)C(C)CCN)cc1. The van der Waals surface area contributed by atoms with Gasteiger partial charge >= 0.3 is 0 Å². The molecule has 4 N–H and O–H groups in total. The third-order valence-electron chi connectivity index (χ3n) is 2.81.